The summed E-state index contributed by atoms with van der Waals surface area (Å²) < 4.78 is 5.05. The molecule has 0 saturated carbocycles. The van der Waals surface area contributed by atoms with Gasteiger partial charge in [-0.25, -0.2) is 9.78 Å². The summed E-state index contributed by atoms with van der Waals surface area (Å²) in [6.07, 6.45) is 2.52. The molecule has 1 aliphatic rings. The average Bonchev–Trinajstić information content (AvgIpc) is 3.05. The van der Waals surface area contributed by atoms with Crippen molar-refractivity contribution in [3.05, 3.63) is 10.6 Å². The highest BCUT2D eigenvalue weighted by Crippen LogP contribution is 2.27. The number of thiazole rings is 1. The average molecular weight is 311 g/mol. The fourth-order valence-electron chi connectivity index (χ4n) is 2.85. The smallest absolute Gasteiger partial charge is 0.358 e. The first-order valence-corrected chi connectivity index (χ1v) is 8.48. The van der Waals surface area contributed by atoms with Crippen LogP contribution in [-0.2, 0) is 4.74 Å². The minimum absolute atomic E-state index is 0.318. The van der Waals surface area contributed by atoms with E-state index in [9.17, 15) is 4.79 Å². The van der Waals surface area contributed by atoms with Gasteiger partial charge in [0.25, 0.3) is 0 Å². The van der Waals surface area contributed by atoms with Gasteiger partial charge in [-0.3, -0.25) is 4.90 Å². The Kier molecular flexibility index (Phi) is 5.58. The summed E-state index contributed by atoms with van der Waals surface area (Å²) in [5.74, 6) is -0.318. The highest BCUT2D eigenvalue weighted by atomic mass is 32.1. The molecule has 0 aromatic carbocycles. The number of nitrogens with zero attached hydrogens (tertiary/aromatic N) is 3. The SMILES string of the molecule is CCOC(=O)c1nc(N(C)CC2CCCN2CC)sc1C. The van der Waals surface area contributed by atoms with Gasteiger partial charge in [-0.1, -0.05) is 6.92 Å². The molecule has 1 aromatic rings. The highest BCUT2D eigenvalue weighted by Gasteiger charge is 2.26. The quantitative estimate of drug-likeness (QED) is 0.756. The van der Waals surface area contributed by atoms with Crippen LogP contribution in [0, 0.1) is 6.92 Å². The van der Waals surface area contributed by atoms with Crippen LogP contribution < -0.4 is 4.90 Å². The number of rotatable bonds is 6. The van der Waals surface area contributed by atoms with Gasteiger partial charge in [0.15, 0.2) is 10.8 Å². The number of esters is 1. The van der Waals surface area contributed by atoms with Crippen molar-refractivity contribution in [1.82, 2.24) is 9.88 Å². The second-order valence-corrected chi connectivity index (χ2v) is 6.61. The molecule has 1 atom stereocenters. The van der Waals surface area contributed by atoms with Crippen LogP contribution in [0.1, 0.15) is 42.1 Å². The standard InChI is InChI=1S/C15H25N3O2S/c1-5-18-9-7-8-12(18)10-17(4)15-16-13(11(3)21-15)14(19)20-6-2/h12H,5-10H2,1-4H3. The van der Waals surface area contributed by atoms with Gasteiger partial charge in [-0.15, -0.1) is 11.3 Å². The van der Waals surface area contributed by atoms with E-state index in [4.69, 9.17) is 4.74 Å². The summed E-state index contributed by atoms with van der Waals surface area (Å²) in [5.41, 5.74) is 0.461. The van der Waals surface area contributed by atoms with Crippen LogP contribution in [0.5, 0.6) is 0 Å². The van der Waals surface area contributed by atoms with Crippen LogP contribution >= 0.6 is 11.3 Å². The van der Waals surface area contributed by atoms with Crippen molar-refractivity contribution in [3.8, 4) is 0 Å². The Labute approximate surface area is 130 Å². The second-order valence-electron chi connectivity index (χ2n) is 5.43. The molecule has 6 heteroatoms. The van der Waals surface area contributed by atoms with Crippen molar-refractivity contribution in [3.63, 3.8) is 0 Å². The lowest BCUT2D eigenvalue weighted by Gasteiger charge is -2.27. The Balaban J connectivity index is 2.04. The normalized spacial score (nSPS) is 19.0. The topological polar surface area (TPSA) is 45.7 Å². The van der Waals surface area contributed by atoms with Crippen molar-refractivity contribution >= 4 is 22.4 Å². The van der Waals surface area contributed by atoms with Crippen molar-refractivity contribution in [2.75, 3.05) is 38.2 Å². The third-order valence-electron chi connectivity index (χ3n) is 3.97. The van der Waals surface area contributed by atoms with Crippen molar-refractivity contribution in [2.45, 2.75) is 39.7 Å². The zero-order chi connectivity index (χ0) is 15.4. The largest absolute Gasteiger partial charge is 0.461 e. The fourth-order valence-corrected chi connectivity index (χ4v) is 3.71. The summed E-state index contributed by atoms with van der Waals surface area (Å²) in [6.45, 7) is 9.59. The zero-order valence-electron chi connectivity index (χ0n) is 13.4. The second kappa shape index (κ2) is 7.22. The Bertz CT molecular complexity index is 489. The van der Waals surface area contributed by atoms with E-state index in [1.165, 1.54) is 19.4 Å². The maximum absolute atomic E-state index is 11.8. The van der Waals surface area contributed by atoms with Gasteiger partial charge in [0.2, 0.25) is 0 Å². The van der Waals surface area contributed by atoms with Gasteiger partial charge < -0.3 is 9.64 Å². The van der Waals surface area contributed by atoms with E-state index in [1.807, 2.05) is 13.8 Å². The van der Waals surface area contributed by atoms with Crippen molar-refractivity contribution in [2.24, 2.45) is 0 Å². The molecule has 0 radical (unpaired) electrons. The summed E-state index contributed by atoms with van der Waals surface area (Å²) in [4.78, 5) is 21.9. The molecule has 21 heavy (non-hydrogen) atoms. The molecule has 0 aliphatic carbocycles. The monoisotopic (exact) mass is 311 g/mol. The summed E-state index contributed by atoms with van der Waals surface area (Å²) >= 11 is 1.56. The maximum Gasteiger partial charge on any atom is 0.358 e. The number of aromatic nitrogens is 1. The first-order chi connectivity index (χ1) is 10.1. The first-order valence-electron chi connectivity index (χ1n) is 7.66. The summed E-state index contributed by atoms with van der Waals surface area (Å²) in [5, 5.41) is 0.901. The Hall–Kier alpha value is -1.14. The molecule has 0 amide bonds. The molecule has 1 saturated heterocycles. The van der Waals surface area contributed by atoms with E-state index in [1.54, 1.807) is 11.3 Å². The number of carbonyl (C=O) groups excluding carboxylic acids is 1. The van der Waals surface area contributed by atoms with E-state index in [0.29, 0.717) is 18.3 Å². The van der Waals surface area contributed by atoms with E-state index in [-0.39, 0.29) is 5.97 Å². The van der Waals surface area contributed by atoms with E-state index < -0.39 is 0 Å². The lowest BCUT2D eigenvalue weighted by Crippen LogP contribution is -2.38. The predicted molar refractivity (Wildman–Crippen MR) is 86.3 cm³/mol. The maximum atomic E-state index is 11.8. The lowest BCUT2D eigenvalue weighted by molar-refractivity contribution is 0.0519. The number of hydrogen-bond acceptors (Lipinski definition) is 6. The number of hydrogen-bond donors (Lipinski definition) is 0. The van der Waals surface area contributed by atoms with Gasteiger partial charge in [0.1, 0.15) is 0 Å². The highest BCUT2D eigenvalue weighted by molar-refractivity contribution is 7.15. The van der Waals surface area contributed by atoms with Crippen LogP contribution in [0.3, 0.4) is 0 Å². The number of carbonyl (C=O) groups is 1. The van der Waals surface area contributed by atoms with Crippen molar-refractivity contribution in [1.29, 1.82) is 0 Å². The third kappa shape index (κ3) is 3.74. The first kappa shape index (κ1) is 16.2. The van der Waals surface area contributed by atoms with Crippen molar-refractivity contribution < 1.29 is 9.53 Å². The summed E-state index contributed by atoms with van der Waals surface area (Å²) in [6, 6.07) is 0.593. The number of ether oxygens (including phenoxy) is 1. The zero-order valence-corrected chi connectivity index (χ0v) is 14.2. The molecule has 1 aromatic heterocycles. The van der Waals surface area contributed by atoms with E-state index in [0.717, 1.165) is 23.1 Å². The molecule has 0 spiro atoms. The predicted octanol–water partition coefficient (Wildman–Crippen LogP) is 2.55. The van der Waals surface area contributed by atoms with Crippen LogP contribution in [-0.4, -0.2) is 55.2 Å². The van der Waals surface area contributed by atoms with Crippen LogP contribution in [0.25, 0.3) is 0 Å². The van der Waals surface area contributed by atoms with Gasteiger partial charge in [0, 0.05) is 24.5 Å². The fraction of sp³-hybridized carbons (Fsp3) is 0.733. The minimum atomic E-state index is -0.318. The minimum Gasteiger partial charge on any atom is -0.461 e. The molecule has 0 bridgehead atoms. The molecule has 1 unspecified atom stereocenters. The Morgan fingerprint density at radius 3 is 2.95 bits per heavy atom. The van der Waals surface area contributed by atoms with Gasteiger partial charge in [-0.2, -0.15) is 0 Å². The lowest BCUT2D eigenvalue weighted by atomic mass is 10.2. The molecule has 1 aliphatic heterocycles. The number of likely N-dealkylation sites (tertiary alicyclic amines) is 1. The summed E-state index contributed by atoms with van der Waals surface area (Å²) in [7, 11) is 2.05. The van der Waals surface area contributed by atoms with Crippen LogP contribution in [0.4, 0.5) is 5.13 Å². The molecule has 0 N–H and O–H groups in total. The Morgan fingerprint density at radius 1 is 1.52 bits per heavy atom. The van der Waals surface area contributed by atoms with E-state index in [2.05, 4.69) is 28.8 Å². The molecule has 2 heterocycles. The van der Waals surface area contributed by atoms with Gasteiger partial charge >= 0.3 is 5.97 Å². The van der Waals surface area contributed by atoms with Gasteiger partial charge in [-0.05, 0) is 39.8 Å². The molecular formula is C15H25N3O2S. The Morgan fingerprint density at radius 2 is 2.29 bits per heavy atom. The molecular weight excluding hydrogens is 286 g/mol. The van der Waals surface area contributed by atoms with Crippen LogP contribution in [0.2, 0.25) is 0 Å². The van der Waals surface area contributed by atoms with Gasteiger partial charge in [0.05, 0.1) is 6.61 Å². The molecule has 118 valence electrons. The molecule has 5 nitrogen and oxygen atoms in total. The molecule has 1 fully saturated rings. The third-order valence-corrected chi connectivity index (χ3v) is 5.06. The number of likely N-dealkylation sites (N-methyl/N-ethyl adjacent to an activating group) is 2. The number of anilines is 1. The van der Waals surface area contributed by atoms with Crippen LogP contribution in [0.15, 0.2) is 0 Å². The van der Waals surface area contributed by atoms with E-state index >= 15 is 0 Å². The number of aryl methyl sites for hydroxylation is 1. The molecule has 2 rings (SSSR count).